The number of nitrogens with zero attached hydrogens (tertiary/aromatic N) is 4. The lowest BCUT2D eigenvalue weighted by atomic mass is 9.85. The fourth-order valence-corrected chi connectivity index (χ4v) is 6.59. The van der Waals surface area contributed by atoms with Crippen molar-refractivity contribution in [3.8, 4) is 0 Å². The third-order valence-electron chi connectivity index (χ3n) is 8.73. The predicted molar refractivity (Wildman–Crippen MR) is 160 cm³/mol. The van der Waals surface area contributed by atoms with Crippen molar-refractivity contribution in [2.24, 2.45) is 11.3 Å². The van der Waals surface area contributed by atoms with Crippen LogP contribution in [0, 0.1) is 11.3 Å². The zero-order chi connectivity index (χ0) is 29.1. The van der Waals surface area contributed by atoms with Crippen LogP contribution < -0.4 is 5.32 Å². The van der Waals surface area contributed by atoms with Gasteiger partial charge in [-0.3, -0.25) is 9.59 Å². The van der Waals surface area contributed by atoms with Gasteiger partial charge in [0.1, 0.15) is 12.1 Å². The third-order valence-corrected chi connectivity index (χ3v) is 9.09. The number of halogens is 1. The molecule has 3 fully saturated rings. The molecule has 2 N–H and O–H groups in total. The standard InChI is InChI=1S/C32H44ClN5O3/c1-32(2,3)29(38-20-27(35-36-38)23-14-15-23)31(41)37-19-24(39)18-28(37)30(40)34-17-16-25-22(10-7-11-26(25)33)13-12-21-8-5-4-6-9-21/h7,10-13,20-21,23-24,28-29,39H,4-6,8-9,14-19H2,1-3H3,(H,34,40)/b13-12+/t24-,28+,29-/m1/s1. The van der Waals surface area contributed by atoms with Gasteiger partial charge in [-0.15, -0.1) is 5.10 Å². The first-order valence-electron chi connectivity index (χ1n) is 15.3. The Morgan fingerprint density at radius 2 is 1.93 bits per heavy atom. The summed E-state index contributed by atoms with van der Waals surface area (Å²) in [5.41, 5.74) is 2.53. The molecule has 5 rings (SSSR count). The monoisotopic (exact) mass is 581 g/mol. The van der Waals surface area contributed by atoms with Gasteiger partial charge < -0.3 is 15.3 Å². The molecular formula is C32H44ClN5O3. The van der Waals surface area contributed by atoms with E-state index in [2.05, 4.69) is 33.8 Å². The van der Waals surface area contributed by atoms with Crippen LogP contribution in [0.2, 0.25) is 5.02 Å². The molecule has 222 valence electrons. The van der Waals surface area contributed by atoms with Crippen LogP contribution in [0.1, 0.15) is 101 Å². The average Bonchev–Trinajstić information content (AvgIpc) is 3.54. The Bertz CT molecular complexity index is 1260. The van der Waals surface area contributed by atoms with Crippen molar-refractivity contribution in [1.29, 1.82) is 0 Å². The lowest BCUT2D eigenvalue weighted by Gasteiger charge is -2.34. The van der Waals surface area contributed by atoms with Crippen LogP contribution in [-0.4, -0.2) is 62.0 Å². The number of rotatable bonds is 9. The highest BCUT2D eigenvalue weighted by atomic mass is 35.5. The minimum Gasteiger partial charge on any atom is -0.391 e. The van der Waals surface area contributed by atoms with Gasteiger partial charge in [-0.05, 0) is 60.6 Å². The van der Waals surface area contributed by atoms with Gasteiger partial charge in [0.25, 0.3) is 0 Å². The smallest absolute Gasteiger partial charge is 0.248 e. The number of β-amino-alcohol motifs (C(OH)–C–C–N with tert-alkyl or cyclic N) is 1. The number of carbonyl (C=O) groups is 2. The van der Waals surface area contributed by atoms with Crippen molar-refractivity contribution in [2.75, 3.05) is 13.1 Å². The summed E-state index contributed by atoms with van der Waals surface area (Å²) in [6, 6.07) is 4.54. The molecule has 1 aromatic heterocycles. The molecule has 2 aliphatic carbocycles. The van der Waals surface area contributed by atoms with Gasteiger partial charge >= 0.3 is 0 Å². The second-order valence-corrected chi connectivity index (χ2v) is 13.6. The summed E-state index contributed by atoms with van der Waals surface area (Å²) in [6.07, 6.45) is 15.0. The fraction of sp³-hybridized carbons (Fsp3) is 0.625. The second-order valence-electron chi connectivity index (χ2n) is 13.2. The van der Waals surface area contributed by atoms with Gasteiger partial charge in [0.2, 0.25) is 11.8 Å². The van der Waals surface area contributed by atoms with Crippen molar-refractivity contribution < 1.29 is 14.7 Å². The molecule has 8 nitrogen and oxygen atoms in total. The number of aromatic nitrogens is 3. The van der Waals surface area contributed by atoms with Crippen molar-refractivity contribution in [2.45, 2.75) is 103 Å². The van der Waals surface area contributed by atoms with Gasteiger partial charge in [0.05, 0.1) is 11.8 Å². The quantitative estimate of drug-likeness (QED) is 0.418. The molecule has 0 bridgehead atoms. The number of allylic oxidation sites excluding steroid dienone is 1. The van der Waals surface area contributed by atoms with E-state index >= 15 is 0 Å². The molecule has 3 atom stereocenters. The SMILES string of the molecule is CC(C)(C)[C@@H](C(=O)N1C[C@H](O)C[C@H]1C(=O)NCCc1c(Cl)cccc1/C=C/C1CCCCC1)n1cc(C2CC2)nn1. The lowest BCUT2D eigenvalue weighted by Crippen LogP contribution is -2.50. The molecular weight excluding hydrogens is 538 g/mol. The summed E-state index contributed by atoms with van der Waals surface area (Å²) < 4.78 is 1.65. The molecule has 2 heterocycles. The predicted octanol–water partition coefficient (Wildman–Crippen LogP) is 5.31. The maximum absolute atomic E-state index is 14.0. The fourth-order valence-electron chi connectivity index (χ4n) is 6.32. The Morgan fingerprint density at radius 3 is 2.63 bits per heavy atom. The van der Waals surface area contributed by atoms with Crippen LogP contribution in [0.15, 0.2) is 30.5 Å². The first kappa shape index (κ1) is 29.8. The number of hydrogen-bond acceptors (Lipinski definition) is 5. The highest BCUT2D eigenvalue weighted by molar-refractivity contribution is 6.31. The Labute approximate surface area is 248 Å². The Kier molecular flexibility index (Phi) is 9.19. The number of carbonyl (C=O) groups excluding carboxylic acids is 2. The number of likely N-dealkylation sites (tertiary alicyclic amines) is 1. The molecule has 9 heteroatoms. The highest BCUT2D eigenvalue weighted by Crippen LogP contribution is 2.40. The maximum atomic E-state index is 14.0. The number of aliphatic hydroxyl groups is 1. The molecule has 0 radical (unpaired) electrons. The number of hydrogen-bond donors (Lipinski definition) is 2. The average molecular weight is 582 g/mol. The normalized spacial score (nSPS) is 22.8. The zero-order valence-electron chi connectivity index (χ0n) is 24.6. The van der Waals surface area contributed by atoms with Crippen LogP contribution in [-0.2, 0) is 16.0 Å². The van der Waals surface area contributed by atoms with E-state index in [1.807, 2.05) is 39.1 Å². The summed E-state index contributed by atoms with van der Waals surface area (Å²) in [7, 11) is 0. The Balaban J connectivity index is 1.25. The van der Waals surface area contributed by atoms with Crippen molar-refractivity contribution in [1.82, 2.24) is 25.2 Å². The van der Waals surface area contributed by atoms with E-state index in [9.17, 15) is 14.7 Å². The molecule has 2 saturated carbocycles. The van der Waals surface area contributed by atoms with E-state index in [1.165, 1.54) is 37.0 Å². The van der Waals surface area contributed by atoms with Crippen LogP contribution >= 0.6 is 11.6 Å². The van der Waals surface area contributed by atoms with E-state index in [0.717, 1.165) is 29.7 Å². The molecule has 0 unspecified atom stereocenters. The second kappa shape index (κ2) is 12.7. The molecule has 1 saturated heterocycles. The summed E-state index contributed by atoms with van der Waals surface area (Å²) in [5.74, 6) is 0.559. The number of aliphatic hydroxyl groups excluding tert-OH is 1. The van der Waals surface area contributed by atoms with Gasteiger partial charge in [0.15, 0.2) is 0 Å². The van der Waals surface area contributed by atoms with Crippen molar-refractivity contribution >= 4 is 29.5 Å². The summed E-state index contributed by atoms with van der Waals surface area (Å²) in [6.45, 7) is 6.46. The summed E-state index contributed by atoms with van der Waals surface area (Å²) in [4.78, 5) is 28.9. The van der Waals surface area contributed by atoms with Gasteiger partial charge in [0, 0.05) is 36.6 Å². The lowest BCUT2D eigenvalue weighted by molar-refractivity contribution is -0.144. The molecule has 2 aromatic rings. The minimum atomic E-state index is -0.756. The number of amides is 2. The molecule has 0 spiro atoms. The van der Waals surface area contributed by atoms with Gasteiger partial charge in [-0.25, -0.2) is 4.68 Å². The zero-order valence-corrected chi connectivity index (χ0v) is 25.3. The molecule has 3 aliphatic rings. The third kappa shape index (κ3) is 7.20. The Hall–Kier alpha value is -2.71. The molecule has 2 amide bonds. The van der Waals surface area contributed by atoms with Crippen LogP contribution in [0.4, 0.5) is 0 Å². The largest absolute Gasteiger partial charge is 0.391 e. The molecule has 1 aliphatic heterocycles. The highest BCUT2D eigenvalue weighted by Gasteiger charge is 2.45. The van der Waals surface area contributed by atoms with E-state index in [-0.39, 0.29) is 24.8 Å². The van der Waals surface area contributed by atoms with Crippen LogP contribution in [0.5, 0.6) is 0 Å². The first-order chi connectivity index (χ1) is 19.6. The molecule has 1 aromatic carbocycles. The number of nitrogens with one attached hydrogen (secondary N) is 1. The minimum absolute atomic E-state index is 0.119. The Morgan fingerprint density at radius 1 is 1.17 bits per heavy atom. The van der Waals surface area contributed by atoms with Gasteiger partial charge in [-0.2, -0.15) is 0 Å². The number of benzene rings is 1. The van der Waals surface area contributed by atoms with Gasteiger partial charge in [-0.1, -0.05) is 81.1 Å². The van der Waals surface area contributed by atoms with Crippen LogP contribution in [0.25, 0.3) is 6.08 Å². The first-order valence-corrected chi connectivity index (χ1v) is 15.6. The van der Waals surface area contributed by atoms with Crippen LogP contribution in [0.3, 0.4) is 0 Å². The van der Waals surface area contributed by atoms with Crippen molar-refractivity contribution in [3.05, 3.63) is 52.3 Å². The topological polar surface area (TPSA) is 100 Å². The molecule has 41 heavy (non-hydrogen) atoms. The summed E-state index contributed by atoms with van der Waals surface area (Å²) in [5, 5.41) is 22.8. The van der Waals surface area contributed by atoms with E-state index in [1.54, 1.807) is 4.68 Å². The van der Waals surface area contributed by atoms with E-state index < -0.39 is 23.6 Å². The van der Waals surface area contributed by atoms with E-state index in [4.69, 9.17) is 11.6 Å². The maximum Gasteiger partial charge on any atom is 0.248 e. The summed E-state index contributed by atoms with van der Waals surface area (Å²) >= 11 is 6.59. The van der Waals surface area contributed by atoms with E-state index in [0.29, 0.717) is 29.8 Å². The van der Waals surface area contributed by atoms with Crippen molar-refractivity contribution in [3.63, 3.8) is 0 Å².